The molecule has 0 atom stereocenters. The number of fused-ring (bicyclic) bond motifs is 1. The highest BCUT2D eigenvalue weighted by atomic mass is 32.2. The Kier molecular flexibility index (Phi) is 3.83. The van der Waals surface area contributed by atoms with Crippen molar-refractivity contribution >= 4 is 36.4 Å². The number of rotatable bonds is 3. The van der Waals surface area contributed by atoms with Gasteiger partial charge >= 0.3 is 0 Å². The summed E-state index contributed by atoms with van der Waals surface area (Å²) in [6.45, 7) is 0. The quantitative estimate of drug-likeness (QED) is 0.546. The molecule has 3 aromatic carbocycles. The van der Waals surface area contributed by atoms with E-state index in [2.05, 4.69) is 0 Å². The Morgan fingerprint density at radius 1 is 0.750 bits per heavy atom. The Hall–Kier alpha value is -2.42. The van der Waals surface area contributed by atoms with Crippen LogP contribution in [0.2, 0.25) is 0 Å². The molecule has 3 rings (SSSR count). The van der Waals surface area contributed by atoms with E-state index in [9.17, 15) is 16.8 Å². The van der Waals surface area contributed by atoms with Crippen LogP contribution in [0.25, 0.3) is 10.8 Å². The van der Waals surface area contributed by atoms with Gasteiger partial charge in [0.25, 0.3) is 10.1 Å². The lowest BCUT2D eigenvalue weighted by Crippen LogP contribution is -2.07. The third-order valence-corrected chi connectivity index (χ3v) is 6.27. The summed E-state index contributed by atoms with van der Waals surface area (Å²) >= 11 is 0. The van der Waals surface area contributed by atoms with E-state index in [1.165, 1.54) is 12.1 Å². The third kappa shape index (κ3) is 2.86. The molecule has 0 fully saturated rings. The second-order valence-corrected chi connectivity index (χ2v) is 8.53. The summed E-state index contributed by atoms with van der Waals surface area (Å²) in [5.41, 5.74) is 5.45. The number of nitrogen functional groups attached to an aromatic ring is 1. The fraction of sp³-hybridized carbons (Fsp3) is 0. The topological polar surface area (TPSA) is 115 Å². The molecule has 0 aliphatic carbocycles. The van der Waals surface area contributed by atoms with Gasteiger partial charge in [-0.25, -0.2) is 8.42 Å². The Balaban J connectivity index is 2.16. The van der Waals surface area contributed by atoms with Crippen LogP contribution in [-0.2, 0) is 20.0 Å². The summed E-state index contributed by atoms with van der Waals surface area (Å²) in [6, 6.07) is 15.0. The maximum Gasteiger partial charge on any atom is 0.294 e. The van der Waals surface area contributed by atoms with E-state index in [1.54, 1.807) is 18.2 Å². The maximum atomic E-state index is 12.8. The summed E-state index contributed by atoms with van der Waals surface area (Å²) in [7, 11) is -8.38. The molecule has 6 nitrogen and oxygen atoms in total. The summed E-state index contributed by atoms with van der Waals surface area (Å²) < 4.78 is 56.8. The molecule has 0 unspecified atom stereocenters. The predicted molar refractivity (Wildman–Crippen MR) is 90.1 cm³/mol. The van der Waals surface area contributed by atoms with Crippen LogP contribution < -0.4 is 5.73 Å². The molecule has 124 valence electrons. The zero-order chi connectivity index (χ0) is 17.5. The molecule has 0 spiro atoms. The Bertz CT molecular complexity index is 1150. The highest BCUT2D eigenvalue weighted by Gasteiger charge is 2.22. The van der Waals surface area contributed by atoms with Crippen molar-refractivity contribution in [2.75, 3.05) is 5.73 Å². The van der Waals surface area contributed by atoms with Crippen molar-refractivity contribution in [3.8, 4) is 0 Å². The van der Waals surface area contributed by atoms with Gasteiger partial charge in [0.05, 0.1) is 20.4 Å². The molecule has 0 aromatic heterocycles. The molecule has 0 saturated heterocycles. The van der Waals surface area contributed by atoms with Crippen LogP contribution >= 0.6 is 0 Å². The van der Waals surface area contributed by atoms with Crippen LogP contribution in [0, 0.1) is 0 Å². The van der Waals surface area contributed by atoms with E-state index in [1.807, 2.05) is 12.1 Å². The van der Waals surface area contributed by atoms with Crippen LogP contribution in [0.4, 0.5) is 5.69 Å². The number of nitrogens with two attached hydrogens (primary N) is 1. The molecule has 0 aliphatic rings. The van der Waals surface area contributed by atoms with Gasteiger partial charge in [-0.1, -0.05) is 30.3 Å². The lowest BCUT2D eigenvalue weighted by molar-refractivity contribution is 0.483. The van der Waals surface area contributed by atoms with Crippen LogP contribution in [0.3, 0.4) is 0 Å². The molecule has 0 radical (unpaired) electrons. The van der Waals surface area contributed by atoms with Gasteiger partial charge in [0.15, 0.2) is 0 Å². The Labute approximate surface area is 139 Å². The van der Waals surface area contributed by atoms with Crippen molar-refractivity contribution in [3.05, 3.63) is 60.7 Å². The normalized spacial score (nSPS) is 12.4. The lowest BCUT2D eigenvalue weighted by Gasteiger charge is -2.09. The molecule has 8 heteroatoms. The lowest BCUT2D eigenvalue weighted by atomic mass is 10.1. The molecule has 0 saturated carbocycles. The number of hydrogen-bond acceptors (Lipinski definition) is 5. The number of hydrogen-bond donors (Lipinski definition) is 2. The van der Waals surface area contributed by atoms with Gasteiger partial charge < -0.3 is 5.73 Å². The summed E-state index contributed by atoms with van der Waals surface area (Å²) in [5.74, 6) is 0. The first-order valence-electron chi connectivity index (χ1n) is 6.80. The van der Waals surface area contributed by atoms with Crippen molar-refractivity contribution in [3.63, 3.8) is 0 Å². The summed E-state index contributed by atoms with van der Waals surface area (Å²) in [4.78, 5) is -0.629. The number of benzene rings is 3. The fourth-order valence-electron chi connectivity index (χ4n) is 2.39. The van der Waals surface area contributed by atoms with E-state index in [0.29, 0.717) is 0 Å². The molecular formula is C16H13NO5S2. The highest BCUT2D eigenvalue weighted by Crippen LogP contribution is 2.29. The van der Waals surface area contributed by atoms with E-state index in [0.717, 1.165) is 29.0 Å². The Morgan fingerprint density at radius 3 is 2.00 bits per heavy atom. The van der Waals surface area contributed by atoms with Crippen LogP contribution in [0.5, 0.6) is 0 Å². The van der Waals surface area contributed by atoms with Crippen LogP contribution in [0.15, 0.2) is 75.4 Å². The average molecular weight is 363 g/mol. The fourth-order valence-corrected chi connectivity index (χ4v) is 4.31. The van der Waals surface area contributed by atoms with Crippen molar-refractivity contribution < 1.29 is 21.4 Å². The molecule has 0 aliphatic heterocycles. The van der Waals surface area contributed by atoms with Crippen molar-refractivity contribution in [1.82, 2.24) is 0 Å². The van der Waals surface area contributed by atoms with Crippen molar-refractivity contribution in [1.29, 1.82) is 0 Å². The van der Waals surface area contributed by atoms with E-state index >= 15 is 0 Å². The molecular weight excluding hydrogens is 350 g/mol. The number of sulfone groups is 1. The van der Waals surface area contributed by atoms with Gasteiger partial charge in [-0.3, -0.25) is 4.55 Å². The summed E-state index contributed by atoms with van der Waals surface area (Å²) in [5, 5.41) is 1.65. The standard InChI is InChI=1S/C16H13NO5S2/c17-15-10-14(24(20,21)22)7-8-16(15)23(18,19)13-6-5-11-3-1-2-4-12(11)9-13/h1-10H,17H2,(H,20,21,22). The first-order chi connectivity index (χ1) is 11.2. The van der Waals surface area contributed by atoms with Crippen molar-refractivity contribution in [2.45, 2.75) is 14.7 Å². The smallest absolute Gasteiger partial charge is 0.294 e. The third-order valence-electron chi connectivity index (χ3n) is 3.60. The van der Waals surface area contributed by atoms with Crippen LogP contribution in [0.1, 0.15) is 0 Å². The minimum absolute atomic E-state index is 0.0486. The SMILES string of the molecule is Nc1cc(S(=O)(=O)O)ccc1S(=O)(=O)c1ccc2ccccc2c1. The van der Waals surface area contributed by atoms with Gasteiger partial charge in [0.1, 0.15) is 0 Å². The Morgan fingerprint density at radius 2 is 1.38 bits per heavy atom. The maximum absolute atomic E-state index is 12.8. The molecule has 3 N–H and O–H groups in total. The average Bonchev–Trinajstić information content (AvgIpc) is 2.53. The summed E-state index contributed by atoms with van der Waals surface area (Å²) in [6.07, 6.45) is 0. The van der Waals surface area contributed by atoms with Gasteiger partial charge in [0.2, 0.25) is 9.84 Å². The zero-order valence-corrected chi connectivity index (χ0v) is 13.9. The largest absolute Gasteiger partial charge is 0.398 e. The van der Waals surface area contributed by atoms with Gasteiger partial charge in [-0.05, 0) is 41.1 Å². The number of anilines is 1. The molecule has 24 heavy (non-hydrogen) atoms. The van der Waals surface area contributed by atoms with E-state index in [-0.39, 0.29) is 15.5 Å². The zero-order valence-electron chi connectivity index (χ0n) is 12.2. The molecule has 0 heterocycles. The van der Waals surface area contributed by atoms with Gasteiger partial charge in [-0.15, -0.1) is 0 Å². The predicted octanol–water partition coefficient (Wildman–Crippen LogP) is 2.50. The van der Waals surface area contributed by atoms with E-state index in [4.69, 9.17) is 10.3 Å². The molecule has 3 aromatic rings. The van der Waals surface area contributed by atoms with Crippen LogP contribution in [-0.4, -0.2) is 21.4 Å². The minimum Gasteiger partial charge on any atom is -0.398 e. The second kappa shape index (κ2) is 5.59. The van der Waals surface area contributed by atoms with Crippen molar-refractivity contribution in [2.24, 2.45) is 0 Å². The molecule has 0 amide bonds. The van der Waals surface area contributed by atoms with Gasteiger partial charge in [0, 0.05) is 0 Å². The molecule has 0 bridgehead atoms. The monoisotopic (exact) mass is 363 g/mol. The van der Waals surface area contributed by atoms with Gasteiger partial charge in [-0.2, -0.15) is 8.42 Å². The second-order valence-electron chi connectivity index (χ2n) is 5.19. The first-order valence-corrected chi connectivity index (χ1v) is 9.73. The minimum atomic E-state index is -4.46. The first kappa shape index (κ1) is 16.4. The van der Waals surface area contributed by atoms with E-state index < -0.39 is 24.9 Å². The highest BCUT2D eigenvalue weighted by molar-refractivity contribution is 7.91.